The molecule has 1 aromatic heterocycles. The first-order valence-corrected chi connectivity index (χ1v) is 9.16. The van der Waals surface area contributed by atoms with Gasteiger partial charge in [0.25, 0.3) is 5.91 Å². The maximum absolute atomic E-state index is 13.2. The lowest BCUT2D eigenvalue weighted by Crippen LogP contribution is -2.40. The number of hydrogen-bond acceptors (Lipinski definition) is 5. The van der Waals surface area contributed by atoms with Crippen LogP contribution in [0.3, 0.4) is 0 Å². The van der Waals surface area contributed by atoms with E-state index in [-0.39, 0.29) is 17.7 Å². The molecular formula is C22H22N2O4. The molecule has 1 unspecified atom stereocenters. The molecule has 0 N–H and O–H groups in total. The highest BCUT2D eigenvalue weighted by Crippen LogP contribution is 2.41. The van der Waals surface area contributed by atoms with E-state index >= 15 is 0 Å². The zero-order valence-corrected chi connectivity index (χ0v) is 16.1. The predicted molar refractivity (Wildman–Crippen MR) is 104 cm³/mol. The number of ether oxygens (including phenoxy) is 2. The number of carbonyl (C=O) groups is 1. The van der Waals surface area contributed by atoms with Crippen molar-refractivity contribution in [3.05, 3.63) is 76.7 Å². The lowest BCUT2D eigenvalue weighted by Gasteiger charge is -2.37. The Morgan fingerprint density at radius 3 is 2.46 bits per heavy atom. The minimum absolute atomic E-state index is 0.171. The van der Waals surface area contributed by atoms with Crippen LogP contribution in [0.4, 0.5) is 0 Å². The molecule has 0 aliphatic carbocycles. The summed E-state index contributed by atoms with van der Waals surface area (Å²) in [5.41, 5.74) is 3.88. The van der Waals surface area contributed by atoms with Crippen LogP contribution in [0.2, 0.25) is 0 Å². The third-order valence-electron chi connectivity index (χ3n) is 5.09. The average Bonchev–Trinajstić information content (AvgIpc) is 3.18. The Labute approximate surface area is 163 Å². The largest absolute Gasteiger partial charge is 0.493 e. The second-order valence-corrected chi connectivity index (χ2v) is 6.80. The van der Waals surface area contributed by atoms with Crippen LogP contribution in [-0.2, 0) is 6.42 Å². The van der Waals surface area contributed by atoms with Gasteiger partial charge in [0.15, 0.2) is 11.5 Å². The van der Waals surface area contributed by atoms with Crippen molar-refractivity contribution < 1.29 is 18.8 Å². The summed E-state index contributed by atoms with van der Waals surface area (Å²) in [6.45, 7) is 2.37. The van der Waals surface area contributed by atoms with E-state index in [1.807, 2.05) is 47.4 Å². The first-order chi connectivity index (χ1) is 13.6. The molecule has 1 aliphatic heterocycles. The third kappa shape index (κ3) is 3.11. The van der Waals surface area contributed by atoms with Gasteiger partial charge in [-0.15, -0.1) is 0 Å². The van der Waals surface area contributed by atoms with Crippen molar-refractivity contribution in [3.8, 4) is 11.5 Å². The van der Waals surface area contributed by atoms with Gasteiger partial charge in [0.2, 0.25) is 5.76 Å². The Kier molecular flexibility index (Phi) is 4.77. The summed E-state index contributed by atoms with van der Waals surface area (Å²) in [6, 6.07) is 15.4. The molecule has 0 fully saturated rings. The summed E-state index contributed by atoms with van der Waals surface area (Å²) >= 11 is 0. The predicted octanol–water partition coefficient (Wildman–Crippen LogP) is 3.79. The molecule has 0 bridgehead atoms. The van der Waals surface area contributed by atoms with Gasteiger partial charge in [0.05, 0.1) is 26.0 Å². The van der Waals surface area contributed by atoms with E-state index in [0.717, 1.165) is 23.1 Å². The molecule has 6 nitrogen and oxygen atoms in total. The molecule has 2 aromatic carbocycles. The number of carbonyl (C=O) groups excluding carboxylic acids is 1. The first kappa shape index (κ1) is 18.1. The maximum atomic E-state index is 13.2. The first-order valence-electron chi connectivity index (χ1n) is 9.16. The number of benzene rings is 2. The van der Waals surface area contributed by atoms with E-state index in [1.165, 1.54) is 0 Å². The molecule has 144 valence electrons. The van der Waals surface area contributed by atoms with Gasteiger partial charge in [-0.1, -0.05) is 35.5 Å². The van der Waals surface area contributed by atoms with E-state index in [4.69, 9.17) is 14.0 Å². The van der Waals surface area contributed by atoms with Crippen molar-refractivity contribution in [1.82, 2.24) is 10.1 Å². The van der Waals surface area contributed by atoms with E-state index in [2.05, 4.69) is 5.16 Å². The lowest BCUT2D eigenvalue weighted by atomic mass is 9.87. The fourth-order valence-corrected chi connectivity index (χ4v) is 3.77. The summed E-state index contributed by atoms with van der Waals surface area (Å²) in [5, 5.41) is 3.87. The average molecular weight is 378 g/mol. The van der Waals surface area contributed by atoms with Gasteiger partial charge in [-0.2, -0.15) is 0 Å². The second kappa shape index (κ2) is 7.38. The minimum Gasteiger partial charge on any atom is -0.493 e. The molecule has 0 radical (unpaired) electrons. The molecule has 0 saturated carbocycles. The van der Waals surface area contributed by atoms with Crippen molar-refractivity contribution in [1.29, 1.82) is 0 Å². The molecule has 6 heteroatoms. The number of aromatic nitrogens is 1. The molecule has 0 saturated heterocycles. The van der Waals surface area contributed by atoms with Gasteiger partial charge in [-0.05, 0) is 42.2 Å². The Hall–Kier alpha value is -3.28. The maximum Gasteiger partial charge on any atom is 0.293 e. The fourth-order valence-electron chi connectivity index (χ4n) is 3.77. The molecule has 3 aromatic rings. The van der Waals surface area contributed by atoms with E-state index < -0.39 is 0 Å². The van der Waals surface area contributed by atoms with Crippen LogP contribution >= 0.6 is 0 Å². The third-order valence-corrected chi connectivity index (χ3v) is 5.09. The molecule has 4 rings (SSSR count). The number of methoxy groups -OCH3 is 2. The van der Waals surface area contributed by atoms with Crippen LogP contribution in [0.15, 0.2) is 53.1 Å². The highest BCUT2D eigenvalue weighted by atomic mass is 16.5. The van der Waals surface area contributed by atoms with Gasteiger partial charge in [-0.25, -0.2) is 0 Å². The Morgan fingerprint density at radius 2 is 1.82 bits per heavy atom. The number of rotatable bonds is 4. The van der Waals surface area contributed by atoms with Crippen molar-refractivity contribution in [3.63, 3.8) is 0 Å². The highest BCUT2D eigenvalue weighted by molar-refractivity contribution is 5.92. The molecule has 1 amide bonds. The molecule has 1 aliphatic rings. The second-order valence-electron chi connectivity index (χ2n) is 6.80. The molecule has 1 atom stereocenters. The summed E-state index contributed by atoms with van der Waals surface area (Å²) in [6.07, 6.45) is 0.720. The summed E-state index contributed by atoms with van der Waals surface area (Å²) in [4.78, 5) is 15.1. The zero-order valence-electron chi connectivity index (χ0n) is 16.1. The van der Waals surface area contributed by atoms with Crippen LogP contribution in [-0.4, -0.2) is 36.7 Å². The number of nitrogens with zero attached hydrogens (tertiary/aromatic N) is 2. The smallest absolute Gasteiger partial charge is 0.293 e. The van der Waals surface area contributed by atoms with Crippen LogP contribution in [0.1, 0.15) is 39.0 Å². The van der Waals surface area contributed by atoms with Crippen molar-refractivity contribution >= 4 is 5.91 Å². The fraction of sp³-hybridized carbons (Fsp3) is 0.273. The number of fused-ring (bicyclic) bond motifs is 1. The monoisotopic (exact) mass is 378 g/mol. The van der Waals surface area contributed by atoms with Crippen molar-refractivity contribution in [2.45, 2.75) is 19.4 Å². The Bertz CT molecular complexity index is 997. The van der Waals surface area contributed by atoms with Crippen molar-refractivity contribution in [2.24, 2.45) is 0 Å². The van der Waals surface area contributed by atoms with Gasteiger partial charge in [0, 0.05) is 12.6 Å². The minimum atomic E-state index is -0.248. The number of aryl methyl sites for hydroxylation is 1. The van der Waals surface area contributed by atoms with Crippen LogP contribution in [0.25, 0.3) is 0 Å². The van der Waals surface area contributed by atoms with Gasteiger partial charge in [0.1, 0.15) is 0 Å². The number of hydrogen-bond donors (Lipinski definition) is 0. The van der Waals surface area contributed by atoms with E-state index in [1.54, 1.807) is 27.2 Å². The normalized spacial score (nSPS) is 15.8. The van der Waals surface area contributed by atoms with Gasteiger partial charge < -0.3 is 18.9 Å². The van der Waals surface area contributed by atoms with E-state index in [9.17, 15) is 4.79 Å². The lowest BCUT2D eigenvalue weighted by molar-refractivity contribution is 0.0651. The molecule has 28 heavy (non-hydrogen) atoms. The van der Waals surface area contributed by atoms with Crippen LogP contribution < -0.4 is 9.47 Å². The Morgan fingerprint density at radius 1 is 1.11 bits per heavy atom. The Balaban J connectivity index is 1.84. The molecular weight excluding hydrogens is 356 g/mol. The molecule has 2 heterocycles. The zero-order chi connectivity index (χ0) is 19.7. The van der Waals surface area contributed by atoms with E-state index in [0.29, 0.717) is 23.7 Å². The highest BCUT2D eigenvalue weighted by Gasteiger charge is 2.35. The van der Waals surface area contributed by atoms with Gasteiger partial charge in [-0.3, -0.25) is 4.79 Å². The quantitative estimate of drug-likeness (QED) is 0.691. The number of amides is 1. The van der Waals surface area contributed by atoms with Crippen LogP contribution in [0.5, 0.6) is 11.5 Å². The van der Waals surface area contributed by atoms with Crippen molar-refractivity contribution in [2.75, 3.05) is 20.8 Å². The van der Waals surface area contributed by atoms with Gasteiger partial charge >= 0.3 is 0 Å². The molecule has 0 spiro atoms. The summed E-state index contributed by atoms with van der Waals surface area (Å²) in [7, 11) is 3.24. The standard InChI is InChI=1S/C22H22N2O4/c1-14-11-20(28-23-14)22(25)24-10-9-16-12-18(26-2)19(27-3)13-17(16)21(24)15-7-5-4-6-8-15/h4-8,11-13,21H,9-10H2,1-3H3. The topological polar surface area (TPSA) is 64.8 Å². The summed E-state index contributed by atoms with van der Waals surface area (Å²) < 4.78 is 16.2. The summed E-state index contributed by atoms with van der Waals surface area (Å²) in [5.74, 6) is 1.42. The van der Waals surface area contributed by atoms with Crippen LogP contribution in [0, 0.1) is 6.92 Å². The SMILES string of the molecule is COc1cc2c(cc1OC)C(c1ccccc1)N(C(=O)c1cc(C)no1)CC2.